The van der Waals surface area contributed by atoms with Crippen molar-refractivity contribution in [3.05, 3.63) is 40.2 Å². The van der Waals surface area contributed by atoms with E-state index < -0.39 is 0 Å². The molecule has 0 amide bonds. The van der Waals surface area contributed by atoms with Gasteiger partial charge in [0, 0.05) is 16.7 Å². The quantitative estimate of drug-likeness (QED) is 0.833. The predicted molar refractivity (Wildman–Crippen MR) is 78.7 cm³/mol. The minimum absolute atomic E-state index is 0.632. The van der Waals surface area contributed by atoms with E-state index in [1.54, 1.807) is 11.3 Å². The monoisotopic (exact) mass is 274 g/mol. The second-order valence-electron chi connectivity index (χ2n) is 4.18. The largest absolute Gasteiger partial charge is 0.240 e. The third-order valence-corrected chi connectivity index (χ3v) is 4.54. The molecule has 0 fully saturated rings. The molecule has 1 heterocycles. The van der Waals surface area contributed by atoms with Gasteiger partial charge in [-0.2, -0.15) is 17.0 Å². The number of nitriles is 1. The van der Waals surface area contributed by atoms with E-state index >= 15 is 0 Å². The van der Waals surface area contributed by atoms with Crippen molar-refractivity contribution in [3.8, 4) is 17.3 Å². The van der Waals surface area contributed by atoms with E-state index in [1.807, 2.05) is 36.0 Å². The van der Waals surface area contributed by atoms with Crippen LogP contribution in [0.2, 0.25) is 0 Å². The minimum atomic E-state index is 0.632. The van der Waals surface area contributed by atoms with Gasteiger partial charge in [-0.15, -0.1) is 11.3 Å². The Labute approximate surface area is 116 Å². The van der Waals surface area contributed by atoms with Crippen LogP contribution < -0.4 is 0 Å². The highest BCUT2D eigenvalue weighted by atomic mass is 32.2. The van der Waals surface area contributed by atoms with Gasteiger partial charge in [0.1, 0.15) is 5.01 Å². The molecule has 0 saturated carbocycles. The molecule has 0 aliphatic carbocycles. The molecule has 1 aromatic heterocycles. The first-order valence-corrected chi connectivity index (χ1v) is 7.68. The van der Waals surface area contributed by atoms with E-state index in [1.165, 1.54) is 0 Å². The summed E-state index contributed by atoms with van der Waals surface area (Å²) < 4.78 is 0. The number of hydrogen-bond donors (Lipinski definition) is 0. The SMILES string of the molecule is CC(C)SCc1nc(-c2ccc(C#N)cc2)cs1. The molecule has 0 atom stereocenters. The van der Waals surface area contributed by atoms with Crippen molar-refractivity contribution in [2.45, 2.75) is 24.9 Å². The average molecular weight is 274 g/mol. The Hall–Kier alpha value is -1.31. The maximum atomic E-state index is 8.76. The first kappa shape index (κ1) is 13.1. The standard InChI is InChI=1S/C14H14N2S2/c1-10(2)17-9-14-16-13(8-18-14)12-5-3-11(7-15)4-6-12/h3-6,8,10H,9H2,1-2H3. The maximum Gasteiger partial charge on any atom is 0.103 e. The average Bonchev–Trinajstić information content (AvgIpc) is 2.85. The number of hydrogen-bond acceptors (Lipinski definition) is 4. The zero-order valence-electron chi connectivity index (χ0n) is 10.4. The van der Waals surface area contributed by atoms with Gasteiger partial charge in [0.05, 0.1) is 17.3 Å². The second-order valence-corrected chi connectivity index (χ2v) is 6.68. The van der Waals surface area contributed by atoms with E-state index in [0.717, 1.165) is 22.0 Å². The van der Waals surface area contributed by atoms with Crippen LogP contribution in [0.25, 0.3) is 11.3 Å². The van der Waals surface area contributed by atoms with Crippen LogP contribution in [0.15, 0.2) is 29.6 Å². The first-order chi connectivity index (χ1) is 8.69. The molecule has 92 valence electrons. The van der Waals surface area contributed by atoms with Gasteiger partial charge in [0.25, 0.3) is 0 Å². The first-order valence-electron chi connectivity index (χ1n) is 5.75. The van der Waals surface area contributed by atoms with Crippen LogP contribution in [-0.4, -0.2) is 10.2 Å². The Kier molecular flexibility index (Phi) is 4.40. The Balaban J connectivity index is 2.11. The topological polar surface area (TPSA) is 36.7 Å². The summed E-state index contributed by atoms with van der Waals surface area (Å²) in [6, 6.07) is 9.69. The van der Waals surface area contributed by atoms with E-state index in [-0.39, 0.29) is 0 Å². The van der Waals surface area contributed by atoms with Crippen LogP contribution in [-0.2, 0) is 5.75 Å². The molecular weight excluding hydrogens is 260 g/mol. The van der Waals surface area contributed by atoms with Crippen LogP contribution in [0.5, 0.6) is 0 Å². The van der Waals surface area contributed by atoms with Crippen molar-refractivity contribution in [3.63, 3.8) is 0 Å². The molecule has 0 N–H and O–H groups in total. The van der Waals surface area contributed by atoms with Crippen LogP contribution >= 0.6 is 23.1 Å². The molecule has 0 spiro atoms. The highest BCUT2D eigenvalue weighted by Crippen LogP contribution is 2.25. The summed E-state index contributed by atoms with van der Waals surface area (Å²) in [7, 11) is 0. The van der Waals surface area contributed by atoms with Crippen LogP contribution in [0, 0.1) is 11.3 Å². The van der Waals surface area contributed by atoms with Gasteiger partial charge in [-0.05, 0) is 17.4 Å². The number of benzene rings is 1. The van der Waals surface area contributed by atoms with Gasteiger partial charge in [0.2, 0.25) is 0 Å². The van der Waals surface area contributed by atoms with Crippen molar-refractivity contribution >= 4 is 23.1 Å². The summed E-state index contributed by atoms with van der Waals surface area (Å²) in [6.45, 7) is 4.39. The normalized spacial score (nSPS) is 10.6. The van der Waals surface area contributed by atoms with E-state index in [9.17, 15) is 0 Å². The number of nitrogens with zero attached hydrogens (tertiary/aromatic N) is 2. The zero-order chi connectivity index (χ0) is 13.0. The van der Waals surface area contributed by atoms with Crippen molar-refractivity contribution in [1.29, 1.82) is 5.26 Å². The molecule has 18 heavy (non-hydrogen) atoms. The fraction of sp³-hybridized carbons (Fsp3) is 0.286. The maximum absolute atomic E-state index is 8.76. The molecule has 1 aromatic carbocycles. The second kappa shape index (κ2) is 6.03. The highest BCUT2D eigenvalue weighted by Gasteiger charge is 2.05. The molecule has 0 aliphatic rings. The Morgan fingerprint density at radius 1 is 1.33 bits per heavy atom. The third-order valence-electron chi connectivity index (χ3n) is 2.40. The van der Waals surface area contributed by atoms with Gasteiger partial charge in [0.15, 0.2) is 0 Å². The molecule has 0 bridgehead atoms. The van der Waals surface area contributed by atoms with E-state index in [0.29, 0.717) is 10.8 Å². The number of thiazole rings is 1. The summed E-state index contributed by atoms with van der Waals surface area (Å²) in [6.07, 6.45) is 0. The van der Waals surface area contributed by atoms with E-state index in [2.05, 4.69) is 30.3 Å². The van der Waals surface area contributed by atoms with Gasteiger partial charge in [-0.3, -0.25) is 0 Å². The Bertz CT molecular complexity index is 550. The van der Waals surface area contributed by atoms with E-state index in [4.69, 9.17) is 5.26 Å². The molecular formula is C14H14N2S2. The Morgan fingerprint density at radius 3 is 2.67 bits per heavy atom. The zero-order valence-corrected chi connectivity index (χ0v) is 12.0. The van der Waals surface area contributed by atoms with Crippen molar-refractivity contribution in [2.24, 2.45) is 0 Å². The predicted octanol–water partition coefficient (Wildman–Crippen LogP) is 4.32. The number of aromatic nitrogens is 1. The molecule has 0 radical (unpaired) electrons. The van der Waals surface area contributed by atoms with Crippen LogP contribution in [0.4, 0.5) is 0 Å². The third kappa shape index (κ3) is 3.34. The number of rotatable bonds is 4. The van der Waals surface area contributed by atoms with Crippen molar-refractivity contribution in [2.75, 3.05) is 0 Å². The van der Waals surface area contributed by atoms with Gasteiger partial charge in [-0.1, -0.05) is 26.0 Å². The molecule has 2 nitrogen and oxygen atoms in total. The smallest absolute Gasteiger partial charge is 0.103 e. The molecule has 4 heteroatoms. The lowest BCUT2D eigenvalue weighted by Crippen LogP contribution is -1.88. The molecule has 2 aromatic rings. The van der Waals surface area contributed by atoms with Crippen LogP contribution in [0.3, 0.4) is 0 Å². The van der Waals surface area contributed by atoms with Gasteiger partial charge < -0.3 is 0 Å². The lowest BCUT2D eigenvalue weighted by molar-refractivity contribution is 1.10. The lowest BCUT2D eigenvalue weighted by atomic mass is 10.1. The summed E-state index contributed by atoms with van der Waals surface area (Å²) in [4.78, 5) is 4.62. The molecule has 2 rings (SSSR count). The summed E-state index contributed by atoms with van der Waals surface area (Å²) in [5, 5.41) is 12.6. The fourth-order valence-electron chi connectivity index (χ4n) is 1.46. The molecule has 0 saturated heterocycles. The summed E-state index contributed by atoms with van der Waals surface area (Å²) in [5.74, 6) is 0.971. The molecule has 0 aliphatic heterocycles. The summed E-state index contributed by atoms with van der Waals surface area (Å²) in [5.41, 5.74) is 2.76. The fourth-order valence-corrected chi connectivity index (χ4v) is 3.07. The van der Waals surface area contributed by atoms with Gasteiger partial charge in [-0.25, -0.2) is 4.98 Å². The van der Waals surface area contributed by atoms with Crippen molar-refractivity contribution in [1.82, 2.24) is 4.98 Å². The van der Waals surface area contributed by atoms with Crippen molar-refractivity contribution < 1.29 is 0 Å². The Morgan fingerprint density at radius 2 is 2.06 bits per heavy atom. The molecule has 0 unspecified atom stereocenters. The van der Waals surface area contributed by atoms with Crippen LogP contribution in [0.1, 0.15) is 24.4 Å². The highest BCUT2D eigenvalue weighted by molar-refractivity contribution is 7.99. The minimum Gasteiger partial charge on any atom is -0.240 e. The number of thioether (sulfide) groups is 1. The lowest BCUT2D eigenvalue weighted by Gasteiger charge is -2.00. The summed E-state index contributed by atoms with van der Waals surface area (Å²) >= 11 is 3.60. The van der Waals surface area contributed by atoms with Gasteiger partial charge >= 0.3 is 0 Å².